The lowest BCUT2D eigenvalue weighted by Gasteiger charge is -2.18. The van der Waals surface area contributed by atoms with Crippen molar-refractivity contribution in [3.8, 4) is 0 Å². The van der Waals surface area contributed by atoms with Gasteiger partial charge in [-0.1, -0.05) is 13.8 Å². The van der Waals surface area contributed by atoms with Crippen molar-refractivity contribution in [3.63, 3.8) is 0 Å². The summed E-state index contributed by atoms with van der Waals surface area (Å²) in [5, 5.41) is 3.27. The molecule has 1 heterocycles. The molecule has 3 nitrogen and oxygen atoms in total. The van der Waals surface area contributed by atoms with Crippen LogP contribution in [0.2, 0.25) is 0 Å². The highest BCUT2D eigenvalue weighted by atomic mass is 16.5. The van der Waals surface area contributed by atoms with Crippen LogP contribution in [0.3, 0.4) is 0 Å². The molecule has 3 heteroatoms. The second-order valence-electron chi connectivity index (χ2n) is 4.41. The number of rotatable bonds is 4. The fourth-order valence-corrected chi connectivity index (χ4v) is 2.11. The molecule has 0 aromatic rings. The first-order chi connectivity index (χ1) is 6.65. The molecule has 0 bridgehead atoms. The zero-order valence-corrected chi connectivity index (χ0v) is 9.38. The zero-order chi connectivity index (χ0) is 10.6. The van der Waals surface area contributed by atoms with Gasteiger partial charge >= 0.3 is 5.97 Å². The Morgan fingerprint density at radius 2 is 2.21 bits per heavy atom. The van der Waals surface area contributed by atoms with E-state index in [9.17, 15) is 4.79 Å². The average Bonchev–Trinajstić information content (AvgIpc) is 2.51. The molecule has 0 saturated carbocycles. The third-order valence-corrected chi connectivity index (χ3v) is 2.70. The number of nitrogens with one attached hydrogen (secondary N) is 1. The summed E-state index contributed by atoms with van der Waals surface area (Å²) in [4.78, 5) is 11.6. The number of hydrogen-bond donors (Lipinski definition) is 1. The van der Waals surface area contributed by atoms with Gasteiger partial charge in [-0.05, 0) is 31.7 Å². The van der Waals surface area contributed by atoms with Crippen LogP contribution in [0.4, 0.5) is 0 Å². The monoisotopic (exact) mass is 199 g/mol. The quantitative estimate of drug-likeness (QED) is 0.696. The van der Waals surface area contributed by atoms with E-state index in [1.165, 1.54) is 0 Å². The molecule has 0 aromatic heterocycles. The van der Waals surface area contributed by atoms with E-state index in [-0.39, 0.29) is 11.9 Å². The number of hydrogen-bond acceptors (Lipinski definition) is 3. The molecule has 0 aromatic carbocycles. The number of esters is 1. The minimum absolute atomic E-state index is 0.0249. The predicted octanol–water partition coefficient (Wildman–Crippen LogP) is 1.43. The Morgan fingerprint density at radius 1 is 1.50 bits per heavy atom. The molecule has 0 amide bonds. The molecule has 1 saturated heterocycles. The smallest absolute Gasteiger partial charge is 0.310 e. The zero-order valence-electron chi connectivity index (χ0n) is 9.38. The molecule has 82 valence electrons. The van der Waals surface area contributed by atoms with E-state index in [1.807, 2.05) is 6.92 Å². The van der Waals surface area contributed by atoms with Crippen LogP contribution in [-0.4, -0.2) is 25.7 Å². The fraction of sp³-hybridized carbons (Fsp3) is 0.909. The summed E-state index contributed by atoms with van der Waals surface area (Å²) in [5.74, 6) is 1.17. The van der Waals surface area contributed by atoms with Crippen molar-refractivity contribution < 1.29 is 9.53 Å². The topological polar surface area (TPSA) is 38.3 Å². The Morgan fingerprint density at radius 3 is 2.79 bits per heavy atom. The van der Waals surface area contributed by atoms with Gasteiger partial charge in [0.15, 0.2) is 0 Å². The van der Waals surface area contributed by atoms with Crippen LogP contribution < -0.4 is 5.32 Å². The molecule has 1 rings (SSSR count). The van der Waals surface area contributed by atoms with E-state index in [2.05, 4.69) is 19.2 Å². The maximum absolute atomic E-state index is 11.6. The second kappa shape index (κ2) is 5.35. The molecule has 0 spiro atoms. The summed E-state index contributed by atoms with van der Waals surface area (Å²) < 4.78 is 5.06. The third-order valence-electron chi connectivity index (χ3n) is 2.70. The van der Waals surface area contributed by atoms with E-state index in [0.717, 1.165) is 19.5 Å². The maximum atomic E-state index is 11.6. The van der Waals surface area contributed by atoms with Crippen molar-refractivity contribution in [2.24, 2.45) is 17.8 Å². The Bertz CT molecular complexity index is 192. The summed E-state index contributed by atoms with van der Waals surface area (Å²) >= 11 is 0. The highest BCUT2D eigenvalue weighted by Gasteiger charge is 2.33. The Labute approximate surface area is 86.2 Å². The van der Waals surface area contributed by atoms with Gasteiger partial charge in [-0.25, -0.2) is 0 Å². The van der Waals surface area contributed by atoms with E-state index in [4.69, 9.17) is 4.74 Å². The minimum atomic E-state index is -0.0249. The van der Waals surface area contributed by atoms with E-state index >= 15 is 0 Å². The normalized spacial score (nSPS) is 26.9. The van der Waals surface area contributed by atoms with Crippen molar-refractivity contribution in [2.45, 2.75) is 27.2 Å². The molecule has 1 aliphatic heterocycles. The van der Waals surface area contributed by atoms with Gasteiger partial charge in [0.2, 0.25) is 0 Å². The Hall–Kier alpha value is -0.570. The van der Waals surface area contributed by atoms with E-state index in [1.54, 1.807) is 0 Å². The number of carbonyl (C=O) groups excluding carboxylic acids is 1. The lowest BCUT2D eigenvalue weighted by molar-refractivity contribution is -0.148. The molecular formula is C11H21NO2. The first-order valence-corrected chi connectivity index (χ1v) is 5.52. The number of carbonyl (C=O) groups is 1. The fourth-order valence-electron chi connectivity index (χ4n) is 2.11. The first-order valence-electron chi connectivity index (χ1n) is 5.52. The van der Waals surface area contributed by atoms with E-state index < -0.39 is 0 Å². The van der Waals surface area contributed by atoms with Crippen molar-refractivity contribution in [1.82, 2.24) is 5.32 Å². The van der Waals surface area contributed by atoms with Crippen LogP contribution in [0, 0.1) is 17.8 Å². The molecule has 1 fully saturated rings. The first kappa shape index (κ1) is 11.5. The van der Waals surface area contributed by atoms with Gasteiger partial charge in [-0.3, -0.25) is 4.79 Å². The predicted molar refractivity (Wildman–Crippen MR) is 55.9 cm³/mol. The van der Waals surface area contributed by atoms with Gasteiger partial charge in [-0.2, -0.15) is 0 Å². The second-order valence-corrected chi connectivity index (χ2v) is 4.41. The summed E-state index contributed by atoms with van der Waals surface area (Å²) in [5.41, 5.74) is 0. The van der Waals surface area contributed by atoms with Crippen LogP contribution in [-0.2, 0) is 9.53 Å². The van der Waals surface area contributed by atoms with Gasteiger partial charge in [0.1, 0.15) is 0 Å². The highest BCUT2D eigenvalue weighted by Crippen LogP contribution is 2.24. The summed E-state index contributed by atoms with van der Waals surface area (Å²) in [7, 11) is 0. The molecular weight excluding hydrogens is 178 g/mol. The largest absolute Gasteiger partial charge is 0.466 e. The highest BCUT2D eigenvalue weighted by molar-refractivity contribution is 5.73. The molecule has 0 unspecified atom stereocenters. The SMILES string of the molecule is CCOC(=O)[C@@H]1CNC[C@@H]1CC(C)C. The van der Waals surface area contributed by atoms with Crippen LogP contribution in [0.5, 0.6) is 0 Å². The Balaban J connectivity index is 2.46. The standard InChI is InChI=1S/C11H21NO2/c1-4-14-11(13)10-7-12-6-9(10)5-8(2)3/h8-10,12H,4-7H2,1-3H3/t9-,10+/m0/s1. The van der Waals surface area contributed by atoms with Crippen molar-refractivity contribution in [3.05, 3.63) is 0 Å². The summed E-state index contributed by atoms with van der Waals surface area (Å²) in [6.07, 6.45) is 1.11. The molecule has 2 atom stereocenters. The van der Waals surface area contributed by atoms with Crippen LogP contribution in [0.15, 0.2) is 0 Å². The van der Waals surface area contributed by atoms with Gasteiger partial charge in [0, 0.05) is 6.54 Å². The van der Waals surface area contributed by atoms with Crippen LogP contribution >= 0.6 is 0 Å². The molecule has 14 heavy (non-hydrogen) atoms. The van der Waals surface area contributed by atoms with Crippen molar-refractivity contribution >= 4 is 5.97 Å². The van der Waals surface area contributed by atoms with Gasteiger partial charge < -0.3 is 10.1 Å². The van der Waals surface area contributed by atoms with Gasteiger partial charge in [0.05, 0.1) is 12.5 Å². The molecule has 0 aliphatic carbocycles. The van der Waals surface area contributed by atoms with Crippen molar-refractivity contribution in [2.75, 3.05) is 19.7 Å². The van der Waals surface area contributed by atoms with Crippen LogP contribution in [0.1, 0.15) is 27.2 Å². The van der Waals surface area contributed by atoms with Crippen molar-refractivity contribution in [1.29, 1.82) is 0 Å². The Kier molecular flexibility index (Phi) is 4.39. The minimum Gasteiger partial charge on any atom is -0.466 e. The molecule has 0 radical (unpaired) electrons. The lowest BCUT2D eigenvalue weighted by Crippen LogP contribution is -2.25. The number of ether oxygens (including phenoxy) is 1. The molecule has 1 N–H and O–H groups in total. The average molecular weight is 199 g/mol. The van der Waals surface area contributed by atoms with E-state index in [0.29, 0.717) is 18.4 Å². The van der Waals surface area contributed by atoms with Gasteiger partial charge in [-0.15, -0.1) is 0 Å². The van der Waals surface area contributed by atoms with Crippen LogP contribution in [0.25, 0.3) is 0 Å². The van der Waals surface area contributed by atoms with Gasteiger partial charge in [0.25, 0.3) is 0 Å². The summed E-state index contributed by atoms with van der Waals surface area (Å²) in [6.45, 7) is 8.49. The lowest BCUT2D eigenvalue weighted by atomic mass is 9.88. The summed E-state index contributed by atoms with van der Waals surface area (Å²) in [6, 6.07) is 0. The molecule has 1 aliphatic rings. The maximum Gasteiger partial charge on any atom is 0.310 e. The third kappa shape index (κ3) is 2.98.